The molecule has 8 heteroatoms. The summed E-state index contributed by atoms with van der Waals surface area (Å²) in [5, 5.41) is 2.61. The number of benzene rings is 2. The number of sulfonamides is 1. The second kappa shape index (κ2) is 7.98. The van der Waals surface area contributed by atoms with Crippen molar-refractivity contribution in [2.45, 2.75) is 18.7 Å². The molecule has 144 valence electrons. The Bertz CT molecular complexity index is 920. The van der Waals surface area contributed by atoms with Gasteiger partial charge in [-0.1, -0.05) is 6.07 Å². The Morgan fingerprint density at radius 1 is 1.04 bits per heavy atom. The number of hydrogen-bond donors (Lipinski definition) is 2. The Morgan fingerprint density at radius 3 is 2.30 bits per heavy atom. The van der Waals surface area contributed by atoms with Gasteiger partial charge in [-0.05, 0) is 48.9 Å². The predicted molar refractivity (Wildman–Crippen MR) is 106 cm³/mol. The van der Waals surface area contributed by atoms with Crippen molar-refractivity contribution in [3.8, 4) is 0 Å². The molecule has 2 aromatic rings. The normalized spacial score (nSPS) is 14.7. The summed E-state index contributed by atoms with van der Waals surface area (Å²) in [7, 11) is -3.77. The molecule has 3 rings (SSSR count). The van der Waals surface area contributed by atoms with Gasteiger partial charge in [-0.2, -0.15) is 0 Å². The van der Waals surface area contributed by atoms with Crippen molar-refractivity contribution in [1.82, 2.24) is 0 Å². The number of rotatable bonds is 5. The van der Waals surface area contributed by atoms with Crippen LogP contribution in [0.15, 0.2) is 47.4 Å². The lowest BCUT2D eigenvalue weighted by Crippen LogP contribution is -2.36. The Kier molecular flexibility index (Phi) is 5.67. The van der Waals surface area contributed by atoms with E-state index < -0.39 is 10.0 Å². The van der Waals surface area contributed by atoms with Gasteiger partial charge in [0.25, 0.3) is 10.0 Å². The second-order valence-corrected chi connectivity index (χ2v) is 8.06. The number of aryl methyl sites for hydroxylation is 1. The molecule has 0 spiro atoms. The fourth-order valence-corrected chi connectivity index (χ4v) is 4.27. The van der Waals surface area contributed by atoms with E-state index in [2.05, 4.69) is 14.9 Å². The smallest absolute Gasteiger partial charge is 0.262 e. The van der Waals surface area contributed by atoms with E-state index in [4.69, 9.17) is 4.74 Å². The summed E-state index contributed by atoms with van der Waals surface area (Å²) in [5.41, 5.74) is 2.55. The minimum Gasteiger partial charge on any atom is -0.378 e. The molecule has 1 aliphatic heterocycles. The van der Waals surface area contributed by atoms with Crippen LogP contribution in [0.5, 0.6) is 0 Å². The van der Waals surface area contributed by atoms with Crippen molar-refractivity contribution < 1.29 is 17.9 Å². The molecule has 0 aromatic heterocycles. The summed E-state index contributed by atoms with van der Waals surface area (Å²) >= 11 is 0. The van der Waals surface area contributed by atoms with Gasteiger partial charge >= 0.3 is 0 Å². The van der Waals surface area contributed by atoms with E-state index in [0.29, 0.717) is 30.2 Å². The monoisotopic (exact) mass is 389 g/mol. The zero-order chi connectivity index (χ0) is 19.4. The molecule has 0 atom stereocenters. The highest BCUT2D eigenvalue weighted by Crippen LogP contribution is 2.25. The number of carbonyl (C=O) groups excluding carboxylic acids is 1. The zero-order valence-electron chi connectivity index (χ0n) is 15.4. The van der Waals surface area contributed by atoms with Crippen LogP contribution in [-0.2, 0) is 19.6 Å². The lowest BCUT2D eigenvalue weighted by molar-refractivity contribution is -0.114. The summed E-state index contributed by atoms with van der Waals surface area (Å²) in [6.07, 6.45) is 0. The highest BCUT2D eigenvalue weighted by Gasteiger charge is 2.18. The van der Waals surface area contributed by atoms with Crippen LogP contribution >= 0.6 is 0 Å². The van der Waals surface area contributed by atoms with Crippen molar-refractivity contribution in [3.63, 3.8) is 0 Å². The number of amides is 1. The minimum atomic E-state index is -3.77. The third-order valence-corrected chi connectivity index (χ3v) is 5.82. The predicted octanol–water partition coefficient (Wildman–Crippen LogP) is 2.59. The van der Waals surface area contributed by atoms with Crippen LogP contribution in [0.25, 0.3) is 0 Å². The molecule has 0 bridgehead atoms. The fraction of sp³-hybridized carbons (Fsp3) is 0.316. The summed E-state index contributed by atoms with van der Waals surface area (Å²) in [4.78, 5) is 13.6. The molecule has 0 aliphatic carbocycles. The molecule has 1 heterocycles. The molecule has 1 amide bonds. The molecule has 1 fully saturated rings. The number of hydrogen-bond acceptors (Lipinski definition) is 5. The standard InChI is InChI=1S/C19H23N3O4S/c1-14-3-4-17(20-15(2)23)13-19(14)27(24,25)21-16-5-7-18(8-6-16)22-9-11-26-12-10-22/h3-8,13,21H,9-12H2,1-2H3,(H,20,23). The summed E-state index contributed by atoms with van der Waals surface area (Å²) < 4.78 is 33.5. The quantitative estimate of drug-likeness (QED) is 0.821. The first kappa shape index (κ1) is 19.2. The van der Waals surface area contributed by atoms with Crippen LogP contribution < -0.4 is 14.9 Å². The maximum atomic E-state index is 12.8. The number of morpholine rings is 1. The molecule has 0 saturated carbocycles. The van der Waals surface area contributed by atoms with Gasteiger partial charge in [-0.15, -0.1) is 0 Å². The van der Waals surface area contributed by atoms with Crippen molar-refractivity contribution in [3.05, 3.63) is 48.0 Å². The largest absolute Gasteiger partial charge is 0.378 e. The van der Waals surface area contributed by atoms with Crippen molar-refractivity contribution in [2.75, 3.05) is 41.2 Å². The van der Waals surface area contributed by atoms with Gasteiger partial charge in [0.05, 0.1) is 18.1 Å². The van der Waals surface area contributed by atoms with E-state index >= 15 is 0 Å². The average Bonchev–Trinajstić information content (AvgIpc) is 2.64. The summed E-state index contributed by atoms with van der Waals surface area (Å²) in [6, 6.07) is 12.1. The maximum absolute atomic E-state index is 12.8. The van der Waals surface area contributed by atoms with Crippen molar-refractivity contribution in [1.29, 1.82) is 0 Å². The third kappa shape index (κ3) is 4.78. The molecule has 7 nitrogen and oxygen atoms in total. The number of carbonyl (C=O) groups is 1. The fourth-order valence-electron chi connectivity index (χ4n) is 2.94. The minimum absolute atomic E-state index is 0.131. The van der Waals surface area contributed by atoms with Crippen molar-refractivity contribution in [2.24, 2.45) is 0 Å². The zero-order valence-corrected chi connectivity index (χ0v) is 16.2. The molecule has 2 N–H and O–H groups in total. The molecular weight excluding hydrogens is 366 g/mol. The Labute approximate surface area is 159 Å². The van der Waals surface area contributed by atoms with Gasteiger partial charge in [0.2, 0.25) is 5.91 Å². The van der Waals surface area contributed by atoms with Crippen LogP contribution in [0.4, 0.5) is 17.1 Å². The number of anilines is 3. The average molecular weight is 389 g/mol. The molecule has 27 heavy (non-hydrogen) atoms. The second-order valence-electron chi connectivity index (χ2n) is 6.41. The molecule has 1 aliphatic rings. The molecule has 2 aromatic carbocycles. The topological polar surface area (TPSA) is 87.7 Å². The third-order valence-electron chi connectivity index (χ3n) is 4.29. The van der Waals surface area contributed by atoms with Gasteiger partial charge in [0.15, 0.2) is 0 Å². The van der Waals surface area contributed by atoms with E-state index in [9.17, 15) is 13.2 Å². The van der Waals surface area contributed by atoms with Crippen LogP contribution in [0, 0.1) is 6.92 Å². The lowest BCUT2D eigenvalue weighted by atomic mass is 10.2. The van der Waals surface area contributed by atoms with Crippen molar-refractivity contribution >= 4 is 33.0 Å². The highest BCUT2D eigenvalue weighted by atomic mass is 32.2. The molecule has 0 unspecified atom stereocenters. The number of ether oxygens (including phenoxy) is 1. The van der Waals surface area contributed by atoms with Crippen LogP contribution in [0.2, 0.25) is 0 Å². The van der Waals surface area contributed by atoms with Crippen LogP contribution in [0.3, 0.4) is 0 Å². The van der Waals surface area contributed by atoms with Gasteiger partial charge in [-0.3, -0.25) is 9.52 Å². The molecule has 1 saturated heterocycles. The van der Waals surface area contributed by atoms with E-state index in [1.54, 1.807) is 31.2 Å². The van der Waals surface area contributed by atoms with Gasteiger partial charge in [-0.25, -0.2) is 8.42 Å². The maximum Gasteiger partial charge on any atom is 0.262 e. The van der Waals surface area contributed by atoms with Gasteiger partial charge < -0.3 is 15.0 Å². The van der Waals surface area contributed by atoms with Crippen LogP contribution in [0.1, 0.15) is 12.5 Å². The summed E-state index contributed by atoms with van der Waals surface area (Å²) in [6.45, 7) is 6.12. The van der Waals surface area contributed by atoms with E-state index in [-0.39, 0.29) is 10.8 Å². The lowest BCUT2D eigenvalue weighted by Gasteiger charge is -2.28. The number of nitrogens with zero attached hydrogens (tertiary/aromatic N) is 1. The van der Waals surface area contributed by atoms with Crippen LogP contribution in [-0.4, -0.2) is 40.6 Å². The number of nitrogens with one attached hydrogen (secondary N) is 2. The Hall–Kier alpha value is -2.58. The Balaban J connectivity index is 1.79. The molecule has 0 radical (unpaired) electrons. The van der Waals surface area contributed by atoms with E-state index in [1.165, 1.54) is 13.0 Å². The summed E-state index contributed by atoms with van der Waals surface area (Å²) in [5.74, 6) is -0.256. The van der Waals surface area contributed by atoms with Gasteiger partial charge in [0, 0.05) is 37.1 Å². The first-order valence-corrected chi connectivity index (χ1v) is 10.2. The SMILES string of the molecule is CC(=O)Nc1ccc(C)c(S(=O)(=O)Nc2ccc(N3CCOCC3)cc2)c1. The molecular formula is C19H23N3O4S. The first-order chi connectivity index (χ1) is 12.8. The van der Waals surface area contributed by atoms with E-state index in [0.717, 1.165) is 18.8 Å². The van der Waals surface area contributed by atoms with Gasteiger partial charge in [0.1, 0.15) is 0 Å². The first-order valence-electron chi connectivity index (χ1n) is 8.69. The Morgan fingerprint density at radius 2 is 1.67 bits per heavy atom. The van der Waals surface area contributed by atoms with E-state index in [1.807, 2.05) is 12.1 Å². The highest BCUT2D eigenvalue weighted by molar-refractivity contribution is 7.92.